The van der Waals surface area contributed by atoms with Crippen LogP contribution in [0.1, 0.15) is 12.5 Å². The number of nitrogens with one attached hydrogen (secondary N) is 1. The molecule has 5 heteroatoms. The number of anilines is 1. The lowest BCUT2D eigenvalue weighted by Crippen LogP contribution is -2.20. The molecular formula is C23H22N2O3. The van der Waals surface area contributed by atoms with Gasteiger partial charge in [-0.15, -0.1) is 0 Å². The summed E-state index contributed by atoms with van der Waals surface area (Å²) >= 11 is 0. The second-order valence-corrected chi connectivity index (χ2v) is 5.96. The molecule has 0 bridgehead atoms. The average Bonchev–Trinajstić information content (AvgIpc) is 2.73. The van der Waals surface area contributed by atoms with E-state index < -0.39 is 0 Å². The van der Waals surface area contributed by atoms with Crippen LogP contribution < -0.4 is 14.8 Å². The van der Waals surface area contributed by atoms with Crippen molar-refractivity contribution in [2.24, 2.45) is 4.99 Å². The van der Waals surface area contributed by atoms with Crippen molar-refractivity contribution in [2.45, 2.75) is 6.92 Å². The number of hydrogen-bond acceptors (Lipinski definition) is 4. The lowest BCUT2D eigenvalue weighted by molar-refractivity contribution is -0.118. The van der Waals surface area contributed by atoms with E-state index in [1.165, 1.54) is 0 Å². The van der Waals surface area contributed by atoms with Gasteiger partial charge in [0.1, 0.15) is 11.5 Å². The van der Waals surface area contributed by atoms with E-state index in [-0.39, 0.29) is 12.5 Å². The maximum Gasteiger partial charge on any atom is 0.262 e. The largest absolute Gasteiger partial charge is 0.494 e. The molecule has 0 spiro atoms. The standard InChI is InChI=1S/C23H22N2O3/c1-2-27-21-13-11-19(12-14-21)24-16-18-7-6-10-22(15-18)28-17-23(26)25-20-8-4-3-5-9-20/h3-16H,2,17H2,1H3,(H,25,26). The number of para-hydroxylation sites is 1. The van der Waals surface area contributed by atoms with Crippen molar-refractivity contribution in [3.63, 3.8) is 0 Å². The third-order valence-corrected chi connectivity index (χ3v) is 3.80. The SMILES string of the molecule is CCOc1ccc(N=Cc2cccc(OCC(=O)Nc3ccccc3)c2)cc1. The summed E-state index contributed by atoms with van der Waals surface area (Å²) in [6.07, 6.45) is 1.76. The molecule has 0 radical (unpaired) electrons. The van der Waals surface area contributed by atoms with E-state index in [4.69, 9.17) is 9.47 Å². The van der Waals surface area contributed by atoms with E-state index in [0.717, 1.165) is 22.7 Å². The number of amides is 1. The molecule has 0 saturated heterocycles. The van der Waals surface area contributed by atoms with Crippen molar-refractivity contribution in [3.8, 4) is 11.5 Å². The van der Waals surface area contributed by atoms with Gasteiger partial charge in [-0.05, 0) is 61.0 Å². The van der Waals surface area contributed by atoms with Gasteiger partial charge in [0.05, 0.1) is 12.3 Å². The van der Waals surface area contributed by atoms with Crippen LogP contribution in [0.5, 0.6) is 11.5 Å². The topological polar surface area (TPSA) is 59.9 Å². The van der Waals surface area contributed by atoms with Crippen LogP contribution in [-0.4, -0.2) is 25.3 Å². The monoisotopic (exact) mass is 374 g/mol. The number of carbonyl (C=O) groups is 1. The average molecular weight is 374 g/mol. The van der Waals surface area contributed by atoms with Gasteiger partial charge < -0.3 is 14.8 Å². The molecule has 3 aromatic carbocycles. The Hall–Kier alpha value is -3.60. The lowest BCUT2D eigenvalue weighted by Gasteiger charge is -2.08. The number of nitrogens with zero attached hydrogens (tertiary/aromatic N) is 1. The van der Waals surface area contributed by atoms with Crippen molar-refractivity contribution < 1.29 is 14.3 Å². The van der Waals surface area contributed by atoms with Gasteiger partial charge >= 0.3 is 0 Å². The maximum atomic E-state index is 12.0. The molecular weight excluding hydrogens is 352 g/mol. The Morgan fingerprint density at radius 2 is 1.71 bits per heavy atom. The van der Waals surface area contributed by atoms with E-state index in [0.29, 0.717) is 12.4 Å². The molecule has 0 heterocycles. The second-order valence-electron chi connectivity index (χ2n) is 5.96. The van der Waals surface area contributed by atoms with Gasteiger partial charge in [0.25, 0.3) is 5.91 Å². The number of ether oxygens (including phenoxy) is 2. The van der Waals surface area contributed by atoms with Crippen molar-refractivity contribution in [2.75, 3.05) is 18.5 Å². The van der Waals surface area contributed by atoms with Crippen LogP contribution in [0.4, 0.5) is 11.4 Å². The first-order valence-electron chi connectivity index (χ1n) is 9.07. The minimum atomic E-state index is -0.209. The van der Waals surface area contributed by atoms with Crippen LogP contribution in [0, 0.1) is 0 Å². The summed E-state index contributed by atoms with van der Waals surface area (Å²) in [6, 6.07) is 24.3. The summed E-state index contributed by atoms with van der Waals surface area (Å²) in [5.74, 6) is 1.23. The fourth-order valence-electron chi connectivity index (χ4n) is 2.50. The molecule has 142 valence electrons. The molecule has 0 unspecified atom stereocenters. The fourth-order valence-corrected chi connectivity index (χ4v) is 2.50. The zero-order valence-electron chi connectivity index (χ0n) is 15.7. The molecule has 0 saturated carbocycles. The van der Waals surface area contributed by atoms with E-state index in [1.807, 2.05) is 85.8 Å². The molecule has 28 heavy (non-hydrogen) atoms. The van der Waals surface area contributed by atoms with Crippen LogP contribution >= 0.6 is 0 Å². The molecule has 1 amide bonds. The van der Waals surface area contributed by atoms with Gasteiger partial charge in [-0.1, -0.05) is 30.3 Å². The molecule has 0 atom stereocenters. The van der Waals surface area contributed by atoms with Gasteiger partial charge in [0, 0.05) is 11.9 Å². The van der Waals surface area contributed by atoms with E-state index in [2.05, 4.69) is 10.3 Å². The quantitative estimate of drug-likeness (QED) is 0.573. The Balaban J connectivity index is 1.55. The molecule has 0 aliphatic rings. The Morgan fingerprint density at radius 1 is 0.929 bits per heavy atom. The van der Waals surface area contributed by atoms with Gasteiger partial charge in [-0.2, -0.15) is 0 Å². The van der Waals surface area contributed by atoms with Crippen molar-refractivity contribution >= 4 is 23.5 Å². The first kappa shape index (κ1) is 19.2. The minimum Gasteiger partial charge on any atom is -0.494 e. The fraction of sp³-hybridized carbons (Fsp3) is 0.130. The van der Waals surface area contributed by atoms with Gasteiger partial charge in [-0.25, -0.2) is 0 Å². The molecule has 0 aromatic heterocycles. The first-order valence-corrected chi connectivity index (χ1v) is 9.07. The minimum absolute atomic E-state index is 0.0611. The van der Waals surface area contributed by atoms with Crippen LogP contribution in [0.15, 0.2) is 83.9 Å². The van der Waals surface area contributed by atoms with Crippen LogP contribution in [-0.2, 0) is 4.79 Å². The smallest absolute Gasteiger partial charge is 0.262 e. The van der Waals surface area contributed by atoms with Gasteiger partial charge in [0.15, 0.2) is 6.61 Å². The highest BCUT2D eigenvalue weighted by atomic mass is 16.5. The normalized spacial score (nSPS) is 10.6. The van der Waals surface area contributed by atoms with Gasteiger partial charge in [-0.3, -0.25) is 9.79 Å². The summed E-state index contributed by atoms with van der Waals surface area (Å²) in [6.45, 7) is 2.53. The third kappa shape index (κ3) is 5.99. The van der Waals surface area contributed by atoms with Crippen LogP contribution in [0.2, 0.25) is 0 Å². The number of benzene rings is 3. The Labute approximate surface area is 164 Å². The molecule has 0 aliphatic carbocycles. The Bertz CT molecular complexity index is 922. The number of rotatable bonds is 8. The maximum absolute atomic E-state index is 12.0. The molecule has 3 rings (SSSR count). The molecule has 5 nitrogen and oxygen atoms in total. The number of carbonyl (C=O) groups excluding carboxylic acids is 1. The first-order chi connectivity index (χ1) is 13.7. The summed E-state index contributed by atoms with van der Waals surface area (Å²) in [7, 11) is 0. The molecule has 0 aliphatic heterocycles. The van der Waals surface area contributed by atoms with Crippen LogP contribution in [0.3, 0.4) is 0 Å². The molecule has 1 N–H and O–H groups in total. The van der Waals surface area contributed by atoms with Crippen molar-refractivity contribution in [1.29, 1.82) is 0 Å². The highest BCUT2D eigenvalue weighted by Gasteiger charge is 2.04. The Kier molecular flexibility index (Phi) is 6.79. The van der Waals surface area contributed by atoms with Crippen molar-refractivity contribution in [3.05, 3.63) is 84.4 Å². The molecule has 3 aromatic rings. The van der Waals surface area contributed by atoms with E-state index >= 15 is 0 Å². The van der Waals surface area contributed by atoms with E-state index in [9.17, 15) is 4.79 Å². The summed E-state index contributed by atoms with van der Waals surface area (Å²) in [5.41, 5.74) is 2.46. The van der Waals surface area contributed by atoms with Crippen LogP contribution in [0.25, 0.3) is 0 Å². The summed E-state index contributed by atoms with van der Waals surface area (Å²) in [4.78, 5) is 16.4. The van der Waals surface area contributed by atoms with E-state index in [1.54, 1.807) is 6.21 Å². The molecule has 0 fully saturated rings. The Morgan fingerprint density at radius 3 is 2.46 bits per heavy atom. The second kappa shape index (κ2) is 9.92. The number of hydrogen-bond donors (Lipinski definition) is 1. The zero-order valence-corrected chi connectivity index (χ0v) is 15.7. The third-order valence-electron chi connectivity index (χ3n) is 3.80. The summed E-state index contributed by atoms with van der Waals surface area (Å²) < 4.78 is 11.0. The number of aliphatic imine (C=N–C) groups is 1. The summed E-state index contributed by atoms with van der Waals surface area (Å²) in [5, 5.41) is 2.79. The predicted molar refractivity (Wildman–Crippen MR) is 112 cm³/mol. The predicted octanol–water partition coefficient (Wildman–Crippen LogP) is 4.85. The zero-order chi connectivity index (χ0) is 19.6. The highest BCUT2D eigenvalue weighted by Crippen LogP contribution is 2.19. The lowest BCUT2D eigenvalue weighted by atomic mass is 10.2. The van der Waals surface area contributed by atoms with Gasteiger partial charge in [0.2, 0.25) is 0 Å². The highest BCUT2D eigenvalue weighted by molar-refractivity contribution is 5.91. The van der Waals surface area contributed by atoms with Crippen molar-refractivity contribution in [1.82, 2.24) is 0 Å².